The lowest BCUT2D eigenvalue weighted by molar-refractivity contribution is 0.102. The van der Waals surface area contributed by atoms with Crippen LogP contribution in [0.2, 0.25) is 0 Å². The first-order chi connectivity index (χ1) is 9.10. The second kappa shape index (κ2) is 5.48. The summed E-state index contributed by atoms with van der Waals surface area (Å²) in [6, 6.07) is 7.96. The minimum Gasteiger partial charge on any atom is -0.373 e. The van der Waals surface area contributed by atoms with E-state index < -0.39 is 11.7 Å². The molecule has 1 amide bonds. The Kier molecular flexibility index (Phi) is 3.75. The minimum atomic E-state index is -0.451. The van der Waals surface area contributed by atoms with Gasteiger partial charge < -0.3 is 10.6 Å². The summed E-state index contributed by atoms with van der Waals surface area (Å²) >= 11 is 0. The molecule has 0 unspecified atom stereocenters. The predicted molar refractivity (Wildman–Crippen MR) is 72.9 cm³/mol. The zero-order valence-corrected chi connectivity index (χ0v) is 10.7. The zero-order chi connectivity index (χ0) is 13.8. The molecule has 2 N–H and O–H groups in total. The molecule has 4 nitrogen and oxygen atoms in total. The summed E-state index contributed by atoms with van der Waals surface area (Å²) < 4.78 is 13.6. The second-order valence-corrected chi connectivity index (χ2v) is 4.12. The van der Waals surface area contributed by atoms with Gasteiger partial charge in [0.1, 0.15) is 11.6 Å². The SMILES string of the molecule is CNc1ccc(C(=O)Nc2ccc(C)cc2F)cn1. The average Bonchev–Trinajstić information content (AvgIpc) is 2.42. The topological polar surface area (TPSA) is 54.0 Å². The number of rotatable bonds is 3. The molecule has 0 radical (unpaired) electrons. The van der Waals surface area contributed by atoms with E-state index in [1.54, 1.807) is 32.2 Å². The Bertz CT molecular complexity index is 596. The lowest BCUT2D eigenvalue weighted by Gasteiger charge is -2.07. The van der Waals surface area contributed by atoms with E-state index in [9.17, 15) is 9.18 Å². The number of aromatic nitrogens is 1. The summed E-state index contributed by atoms with van der Waals surface area (Å²) in [5, 5.41) is 5.37. The molecule has 2 aromatic rings. The van der Waals surface area contributed by atoms with Gasteiger partial charge in [-0.25, -0.2) is 9.37 Å². The minimum absolute atomic E-state index is 0.160. The van der Waals surface area contributed by atoms with Crippen LogP contribution in [0, 0.1) is 12.7 Å². The molecule has 2 rings (SSSR count). The third kappa shape index (κ3) is 3.07. The molecule has 1 aromatic heterocycles. The van der Waals surface area contributed by atoms with Crippen LogP contribution in [0.1, 0.15) is 15.9 Å². The number of nitrogens with zero attached hydrogens (tertiary/aromatic N) is 1. The third-order valence-electron chi connectivity index (χ3n) is 2.65. The Hall–Kier alpha value is -2.43. The van der Waals surface area contributed by atoms with E-state index in [1.165, 1.54) is 18.3 Å². The van der Waals surface area contributed by atoms with Gasteiger partial charge in [-0.3, -0.25) is 4.79 Å². The lowest BCUT2D eigenvalue weighted by Crippen LogP contribution is -2.13. The Morgan fingerprint density at radius 3 is 2.63 bits per heavy atom. The molecule has 98 valence electrons. The Balaban J connectivity index is 2.15. The predicted octanol–water partition coefficient (Wildman–Crippen LogP) is 2.82. The van der Waals surface area contributed by atoms with Crippen molar-refractivity contribution in [3.63, 3.8) is 0 Å². The largest absolute Gasteiger partial charge is 0.373 e. The molecule has 5 heteroatoms. The maximum atomic E-state index is 13.6. The highest BCUT2D eigenvalue weighted by Crippen LogP contribution is 2.16. The maximum Gasteiger partial charge on any atom is 0.257 e. The van der Waals surface area contributed by atoms with Crippen molar-refractivity contribution in [1.29, 1.82) is 0 Å². The van der Waals surface area contributed by atoms with E-state index in [0.29, 0.717) is 11.4 Å². The highest BCUT2D eigenvalue weighted by Gasteiger charge is 2.09. The van der Waals surface area contributed by atoms with E-state index in [4.69, 9.17) is 0 Å². The van der Waals surface area contributed by atoms with Gasteiger partial charge in [-0.05, 0) is 36.8 Å². The molecule has 0 atom stereocenters. The molecule has 0 aliphatic rings. The molecule has 1 aromatic carbocycles. The number of carbonyl (C=O) groups is 1. The van der Waals surface area contributed by atoms with Crippen LogP contribution in [-0.2, 0) is 0 Å². The lowest BCUT2D eigenvalue weighted by atomic mass is 10.2. The van der Waals surface area contributed by atoms with E-state index in [-0.39, 0.29) is 5.69 Å². The van der Waals surface area contributed by atoms with Gasteiger partial charge in [-0.2, -0.15) is 0 Å². The number of nitrogens with one attached hydrogen (secondary N) is 2. The normalized spacial score (nSPS) is 10.1. The molecule has 0 spiro atoms. The third-order valence-corrected chi connectivity index (χ3v) is 2.65. The monoisotopic (exact) mass is 259 g/mol. The van der Waals surface area contributed by atoms with Crippen molar-refractivity contribution in [3.8, 4) is 0 Å². The molecule has 0 saturated heterocycles. The fourth-order valence-electron chi connectivity index (χ4n) is 1.59. The number of amides is 1. The molecular weight excluding hydrogens is 245 g/mol. The number of pyridine rings is 1. The fraction of sp³-hybridized carbons (Fsp3) is 0.143. The van der Waals surface area contributed by atoms with Crippen LogP contribution in [0.25, 0.3) is 0 Å². The molecule has 0 fully saturated rings. The van der Waals surface area contributed by atoms with Crippen molar-refractivity contribution in [3.05, 3.63) is 53.5 Å². The number of hydrogen-bond donors (Lipinski definition) is 2. The van der Waals surface area contributed by atoms with E-state index in [1.807, 2.05) is 0 Å². The van der Waals surface area contributed by atoms with Crippen LogP contribution < -0.4 is 10.6 Å². The number of benzene rings is 1. The zero-order valence-electron chi connectivity index (χ0n) is 10.7. The van der Waals surface area contributed by atoms with Gasteiger partial charge >= 0.3 is 0 Å². The van der Waals surface area contributed by atoms with Gasteiger partial charge in [0.15, 0.2) is 0 Å². The summed E-state index contributed by atoms with van der Waals surface area (Å²) in [5.41, 5.74) is 1.34. The first-order valence-corrected chi connectivity index (χ1v) is 5.81. The van der Waals surface area contributed by atoms with Crippen LogP contribution in [0.4, 0.5) is 15.9 Å². The summed E-state index contributed by atoms with van der Waals surface area (Å²) in [6.07, 6.45) is 1.44. The number of carbonyl (C=O) groups excluding carboxylic acids is 1. The molecule has 19 heavy (non-hydrogen) atoms. The van der Waals surface area contributed by atoms with Crippen molar-refractivity contribution in [2.24, 2.45) is 0 Å². The Morgan fingerprint density at radius 2 is 2.05 bits per heavy atom. The summed E-state index contributed by atoms with van der Waals surface area (Å²) in [6.45, 7) is 1.79. The summed E-state index contributed by atoms with van der Waals surface area (Å²) in [7, 11) is 1.74. The van der Waals surface area contributed by atoms with E-state index in [0.717, 1.165) is 5.56 Å². The van der Waals surface area contributed by atoms with Gasteiger partial charge in [-0.15, -0.1) is 0 Å². The fourth-order valence-corrected chi connectivity index (χ4v) is 1.59. The number of aryl methyl sites for hydroxylation is 1. The van der Waals surface area contributed by atoms with Crippen molar-refractivity contribution in [2.45, 2.75) is 6.92 Å². The highest BCUT2D eigenvalue weighted by molar-refractivity contribution is 6.04. The number of halogens is 1. The van der Waals surface area contributed by atoms with E-state index >= 15 is 0 Å². The van der Waals surface area contributed by atoms with Crippen LogP contribution >= 0.6 is 0 Å². The maximum absolute atomic E-state index is 13.6. The summed E-state index contributed by atoms with van der Waals surface area (Å²) in [5.74, 6) is -0.177. The molecule has 0 aliphatic heterocycles. The highest BCUT2D eigenvalue weighted by atomic mass is 19.1. The second-order valence-electron chi connectivity index (χ2n) is 4.12. The van der Waals surface area contributed by atoms with Crippen LogP contribution in [0.3, 0.4) is 0 Å². The standard InChI is InChI=1S/C14H14FN3O/c1-9-3-5-12(11(15)7-9)18-14(19)10-4-6-13(16-2)17-8-10/h3-8H,1-2H3,(H,16,17)(H,18,19). The van der Waals surface area contributed by atoms with Crippen LogP contribution in [-0.4, -0.2) is 17.9 Å². The van der Waals surface area contributed by atoms with Gasteiger partial charge in [0, 0.05) is 13.2 Å². The molecule has 0 aliphatic carbocycles. The first kappa shape index (κ1) is 13.0. The van der Waals surface area contributed by atoms with Gasteiger partial charge in [0.2, 0.25) is 0 Å². The number of anilines is 2. The van der Waals surface area contributed by atoms with Gasteiger partial charge in [-0.1, -0.05) is 6.07 Å². The van der Waals surface area contributed by atoms with Crippen molar-refractivity contribution < 1.29 is 9.18 Å². The van der Waals surface area contributed by atoms with E-state index in [2.05, 4.69) is 15.6 Å². The Morgan fingerprint density at radius 1 is 1.26 bits per heavy atom. The average molecular weight is 259 g/mol. The van der Waals surface area contributed by atoms with Crippen molar-refractivity contribution in [2.75, 3.05) is 17.7 Å². The number of hydrogen-bond acceptors (Lipinski definition) is 3. The molecule has 1 heterocycles. The molecule has 0 saturated carbocycles. The smallest absolute Gasteiger partial charge is 0.257 e. The summed E-state index contributed by atoms with van der Waals surface area (Å²) in [4.78, 5) is 15.9. The van der Waals surface area contributed by atoms with Crippen molar-refractivity contribution in [1.82, 2.24) is 4.98 Å². The van der Waals surface area contributed by atoms with Crippen LogP contribution in [0.5, 0.6) is 0 Å². The molecule has 0 bridgehead atoms. The first-order valence-electron chi connectivity index (χ1n) is 5.81. The quantitative estimate of drug-likeness (QED) is 0.891. The van der Waals surface area contributed by atoms with Gasteiger partial charge in [0.05, 0.1) is 11.3 Å². The van der Waals surface area contributed by atoms with Crippen LogP contribution in [0.15, 0.2) is 36.5 Å². The molecular formula is C14H14FN3O. The van der Waals surface area contributed by atoms with Gasteiger partial charge in [0.25, 0.3) is 5.91 Å². The van der Waals surface area contributed by atoms with Crippen molar-refractivity contribution >= 4 is 17.4 Å². The Labute approximate surface area is 110 Å².